The van der Waals surface area contributed by atoms with E-state index in [9.17, 15) is 9.59 Å². The number of likely N-dealkylation sites (tertiary alicyclic amines) is 1. The molecule has 1 aliphatic carbocycles. The van der Waals surface area contributed by atoms with Crippen molar-refractivity contribution in [1.29, 1.82) is 0 Å². The lowest BCUT2D eigenvalue weighted by Gasteiger charge is -2.45. The van der Waals surface area contributed by atoms with E-state index in [0.29, 0.717) is 30.7 Å². The molecule has 8 nitrogen and oxygen atoms in total. The largest absolute Gasteiger partial charge is 0.381 e. The molecular weight excluding hydrogens is 454 g/mol. The molecule has 1 amide bonds. The monoisotopic (exact) mass is 491 g/mol. The first kappa shape index (κ1) is 23.7. The van der Waals surface area contributed by atoms with Gasteiger partial charge in [0.1, 0.15) is 0 Å². The molecule has 192 valence electrons. The number of carbonyl (C=O) groups excluding carboxylic acids is 1. The second kappa shape index (κ2) is 9.63. The van der Waals surface area contributed by atoms with Crippen molar-refractivity contribution in [2.45, 2.75) is 76.3 Å². The fourth-order valence-corrected chi connectivity index (χ4v) is 6.79. The van der Waals surface area contributed by atoms with Crippen molar-refractivity contribution >= 4 is 27.7 Å². The summed E-state index contributed by atoms with van der Waals surface area (Å²) in [5.41, 5.74) is 3.05. The van der Waals surface area contributed by atoms with E-state index < -0.39 is 0 Å². The number of hydrogen-bond acceptors (Lipinski definition) is 5. The van der Waals surface area contributed by atoms with E-state index in [1.54, 1.807) is 6.20 Å². The number of aromatic nitrogens is 3. The van der Waals surface area contributed by atoms with E-state index >= 15 is 0 Å². The standard InChI is InChI=1S/C28H37N5O3/c1-19-15-24-22(25-23(27(35)31-24)17-30-33(25)20-7-13-36-14-8-20)16-21(19)26(34)29-18-28(9-3-2-4-10-28)32-11-5-6-12-32/h15-17,20H,2-14,18H2,1H3,(H,29,34)(H,31,35). The summed E-state index contributed by atoms with van der Waals surface area (Å²) in [7, 11) is 0. The number of nitrogens with zero attached hydrogens (tertiary/aromatic N) is 3. The lowest BCUT2D eigenvalue weighted by Crippen LogP contribution is -2.55. The molecule has 2 N–H and O–H groups in total. The summed E-state index contributed by atoms with van der Waals surface area (Å²) in [5, 5.41) is 9.38. The van der Waals surface area contributed by atoms with Crippen LogP contribution in [0.25, 0.3) is 21.8 Å². The van der Waals surface area contributed by atoms with E-state index in [4.69, 9.17) is 4.74 Å². The number of rotatable bonds is 5. The quantitative estimate of drug-likeness (QED) is 0.561. The van der Waals surface area contributed by atoms with Gasteiger partial charge in [-0.1, -0.05) is 19.3 Å². The third-order valence-electron chi connectivity index (χ3n) is 8.83. The van der Waals surface area contributed by atoms with Gasteiger partial charge in [0.15, 0.2) is 0 Å². The molecule has 0 atom stereocenters. The lowest BCUT2D eigenvalue weighted by atomic mass is 9.80. The van der Waals surface area contributed by atoms with Crippen LogP contribution in [0.1, 0.15) is 79.8 Å². The Morgan fingerprint density at radius 3 is 2.61 bits per heavy atom. The Bertz CT molecular complexity index is 1320. The second-order valence-electron chi connectivity index (χ2n) is 11.0. The first-order chi connectivity index (χ1) is 17.6. The van der Waals surface area contributed by atoms with Crippen LogP contribution in [-0.4, -0.2) is 64.0 Å². The van der Waals surface area contributed by atoms with E-state index in [0.717, 1.165) is 60.8 Å². The van der Waals surface area contributed by atoms with Crippen molar-refractivity contribution in [2.24, 2.45) is 0 Å². The molecule has 1 saturated carbocycles. The topological polar surface area (TPSA) is 92.2 Å². The molecule has 3 fully saturated rings. The van der Waals surface area contributed by atoms with Gasteiger partial charge in [0.05, 0.1) is 28.7 Å². The highest BCUT2D eigenvalue weighted by Crippen LogP contribution is 2.36. The number of pyridine rings is 1. The molecule has 6 rings (SSSR count). The molecule has 2 saturated heterocycles. The Morgan fingerprint density at radius 1 is 1.11 bits per heavy atom. The predicted octanol–water partition coefficient (Wildman–Crippen LogP) is 4.07. The number of aryl methyl sites for hydroxylation is 1. The minimum Gasteiger partial charge on any atom is -0.381 e. The molecule has 0 spiro atoms. The van der Waals surface area contributed by atoms with Crippen LogP contribution >= 0.6 is 0 Å². The normalized spacial score (nSPS) is 21.4. The fourth-order valence-electron chi connectivity index (χ4n) is 6.79. The number of aromatic amines is 1. The van der Waals surface area contributed by atoms with E-state index in [2.05, 4.69) is 20.3 Å². The molecule has 0 bridgehead atoms. The average molecular weight is 492 g/mol. The number of ether oxygens (including phenoxy) is 1. The number of hydrogen-bond donors (Lipinski definition) is 2. The summed E-state index contributed by atoms with van der Waals surface area (Å²) in [6.45, 7) is 6.32. The van der Waals surface area contributed by atoms with Gasteiger partial charge >= 0.3 is 0 Å². The molecule has 2 aliphatic heterocycles. The van der Waals surface area contributed by atoms with Crippen molar-refractivity contribution < 1.29 is 9.53 Å². The lowest BCUT2D eigenvalue weighted by molar-refractivity contribution is 0.0652. The maximum atomic E-state index is 13.6. The molecule has 0 radical (unpaired) electrons. The zero-order chi connectivity index (χ0) is 24.7. The van der Waals surface area contributed by atoms with Crippen molar-refractivity contribution in [3.05, 3.63) is 39.8 Å². The van der Waals surface area contributed by atoms with Gasteiger partial charge in [-0.3, -0.25) is 19.2 Å². The summed E-state index contributed by atoms with van der Waals surface area (Å²) >= 11 is 0. The van der Waals surface area contributed by atoms with Crippen LogP contribution in [0.5, 0.6) is 0 Å². The number of benzene rings is 1. The van der Waals surface area contributed by atoms with Crippen LogP contribution in [0.2, 0.25) is 0 Å². The number of H-pyrrole nitrogens is 1. The maximum Gasteiger partial charge on any atom is 0.259 e. The Kier molecular flexibility index (Phi) is 6.33. The third kappa shape index (κ3) is 4.14. The SMILES string of the molecule is Cc1cc2[nH]c(=O)c3cnn(C4CCOCC4)c3c2cc1C(=O)NCC1(N2CCCC2)CCCCC1. The molecule has 36 heavy (non-hydrogen) atoms. The molecule has 3 aromatic rings. The van der Waals surface area contributed by atoms with Crippen LogP contribution in [0.4, 0.5) is 0 Å². The van der Waals surface area contributed by atoms with Gasteiger partial charge in [-0.05, 0) is 76.2 Å². The maximum absolute atomic E-state index is 13.6. The Labute approximate surface area is 211 Å². The molecule has 0 unspecified atom stereocenters. The smallest absolute Gasteiger partial charge is 0.259 e. The van der Waals surface area contributed by atoms with E-state index in [1.165, 1.54) is 32.1 Å². The van der Waals surface area contributed by atoms with Crippen LogP contribution < -0.4 is 10.9 Å². The van der Waals surface area contributed by atoms with Crippen molar-refractivity contribution in [3.8, 4) is 0 Å². The van der Waals surface area contributed by atoms with Crippen molar-refractivity contribution in [3.63, 3.8) is 0 Å². The molecular formula is C28H37N5O3. The summed E-state index contributed by atoms with van der Waals surface area (Å²) in [4.78, 5) is 32.1. The zero-order valence-electron chi connectivity index (χ0n) is 21.3. The summed E-state index contributed by atoms with van der Waals surface area (Å²) in [6.07, 6.45) is 12.0. The van der Waals surface area contributed by atoms with Gasteiger partial charge in [-0.2, -0.15) is 5.10 Å². The predicted molar refractivity (Wildman–Crippen MR) is 141 cm³/mol. The number of fused-ring (bicyclic) bond motifs is 3. The molecule has 4 heterocycles. The van der Waals surface area contributed by atoms with E-state index in [-0.39, 0.29) is 23.0 Å². The van der Waals surface area contributed by atoms with Crippen molar-refractivity contribution in [1.82, 2.24) is 25.0 Å². The number of carbonyl (C=O) groups is 1. The Balaban J connectivity index is 1.35. The van der Waals surface area contributed by atoms with Crippen molar-refractivity contribution in [2.75, 3.05) is 32.8 Å². The fraction of sp³-hybridized carbons (Fsp3) is 0.607. The minimum atomic E-state index is -0.141. The molecule has 3 aliphatic rings. The van der Waals surface area contributed by atoms with Crippen LogP contribution in [0.15, 0.2) is 23.1 Å². The summed E-state index contributed by atoms with van der Waals surface area (Å²) < 4.78 is 7.53. The van der Waals surface area contributed by atoms with Gasteiger partial charge < -0.3 is 15.0 Å². The first-order valence-corrected chi connectivity index (χ1v) is 13.7. The zero-order valence-corrected chi connectivity index (χ0v) is 21.3. The number of nitrogens with one attached hydrogen (secondary N) is 2. The summed E-state index contributed by atoms with van der Waals surface area (Å²) in [5.74, 6) is -0.0324. The highest BCUT2D eigenvalue weighted by atomic mass is 16.5. The third-order valence-corrected chi connectivity index (χ3v) is 8.83. The highest BCUT2D eigenvalue weighted by molar-refractivity contribution is 6.07. The Hall–Kier alpha value is -2.71. The van der Waals surface area contributed by atoms with Crippen LogP contribution in [0.3, 0.4) is 0 Å². The first-order valence-electron chi connectivity index (χ1n) is 13.7. The van der Waals surface area contributed by atoms with Gasteiger partial charge in [0.25, 0.3) is 11.5 Å². The van der Waals surface area contributed by atoms with Crippen LogP contribution in [0, 0.1) is 6.92 Å². The molecule has 8 heteroatoms. The van der Waals surface area contributed by atoms with Gasteiger partial charge in [0.2, 0.25) is 0 Å². The average Bonchev–Trinajstić information content (AvgIpc) is 3.60. The number of amides is 1. The van der Waals surface area contributed by atoms with Gasteiger partial charge in [-0.25, -0.2) is 0 Å². The van der Waals surface area contributed by atoms with Crippen LogP contribution in [-0.2, 0) is 4.74 Å². The Morgan fingerprint density at radius 2 is 1.86 bits per heavy atom. The minimum absolute atomic E-state index is 0.0324. The van der Waals surface area contributed by atoms with Gasteiger partial charge in [-0.15, -0.1) is 0 Å². The second-order valence-corrected chi connectivity index (χ2v) is 11.0. The van der Waals surface area contributed by atoms with E-state index in [1.807, 2.05) is 23.7 Å². The molecule has 2 aromatic heterocycles. The summed E-state index contributed by atoms with van der Waals surface area (Å²) in [6, 6.07) is 4.08. The highest BCUT2D eigenvalue weighted by Gasteiger charge is 2.39. The van der Waals surface area contributed by atoms with Gasteiger partial charge in [0, 0.05) is 36.2 Å². The molecule has 1 aromatic carbocycles.